The Balaban J connectivity index is 1.81. The molecule has 1 amide bonds. The van der Waals surface area contributed by atoms with Gasteiger partial charge in [0, 0.05) is 27.5 Å². The maximum absolute atomic E-state index is 12.1. The van der Waals surface area contributed by atoms with Crippen LogP contribution in [-0.4, -0.2) is 10.9 Å². The van der Waals surface area contributed by atoms with Gasteiger partial charge in [-0.3, -0.25) is 4.79 Å². The number of nitrogens with zero attached hydrogens (tertiary/aromatic N) is 1. The lowest BCUT2D eigenvalue weighted by molar-refractivity contribution is -0.117. The highest BCUT2D eigenvalue weighted by Crippen LogP contribution is 2.20. The molecule has 0 aliphatic heterocycles. The highest BCUT2D eigenvalue weighted by molar-refractivity contribution is 7.09. The Morgan fingerprint density at radius 2 is 2.18 bits per heavy atom. The fraction of sp³-hybridized carbons (Fsp3) is 0.0588. The Morgan fingerprint density at radius 3 is 2.95 bits per heavy atom. The maximum atomic E-state index is 12.1. The lowest BCUT2D eigenvalue weighted by Crippen LogP contribution is -2.23. The average molecular weight is 307 g/mol. The van der Waals surface area contributed by atoms with E-state index in [1.54, 1.807) is 23.6 Å². The van der Waals surface area contributed by atoms with Crippen molar-refractivity contribution >= 4 is 34.2 Å². The van der Waals surface area contributed by atoms with Gasteiger partial charge in [0.15, 0.2) is 0 Å². The Bertz CT molecular complexity index is 869. The number of carbonyl (C=O) groups is 1. The van der Waals surface area contributed by atoms with Gasteiger partial charge in [0.25, 0.3) is 5.91 Å². The molecule has 3 rings (SSSR count). The second-order valence-corrected chi connectivity index (χ2v) is 5.75. The molecule has 2 heterocycles. The molecule has 5 heteroatoms. The first-order valence-corrected chi connectivity index (χ1v) is 7.64. The molecule has 0 fully saturated rings. The van der Waals surface area contributed by atoms with Gasteiger partial charge in [-0.15, -0.1) is 11.3 Å². The molecule has 2 aromatic heterocycles. The summed E-state index contributed by atoms with van der Waals surface area (Å²) in [5, 5.41) is 14.9. The van der Waals surface area contributed by atoms with Gasteiger partial charge in [-0.05, 0) is 23.6 Å². The van der Waals surface area contributed by atoms with Gasteiger partial charge in [0.05, 0.1) is 6.54 Å². The smallest absolute Gasteiger partial charge is 0.262 e. The molecular formula is C17H13N3OS. The lowest BCUT2D eigenvalue weighted by atomic mass is 10.1. The first-order chi connectivity index (χ1) is 10.8. The molecule has 0 saturated heterocycles. The van der Waals surface area contributed by atoms with E-state index < -0.39 is 0 Å². The highest BCUT2D eigenvalue weighted by Gasteiger charge is 2.10. The molecule has 3 aromatic rings. The number of hydrogen-bond acceptors (Lipinski definition) is 3. The van der Waals surface area contributed by atoms with Crippen LogP contribution in [0.2, 0.25) is 0 Å². The lowest BCUT2D eigenvalue weighted by Gasteiger charge is -2.02. The number of para-hydroxylation sites is 1. The zero-order valence-electron chi connectivity index (χ0n) is 11.7. The van der Waals surface area contributed by atoms with Crippen molar-refractivity contribution in [3.63, 3.8) is 0 Å². The molecular weight excluding hydrogens is 294 g/mol. The number of aromatic amines is 1. The molecule has 0 aliphatic carbocycles. The van der Waals surface area contributed by atoms with E-state index in [1.807, 2.05) is 47.8 Å². The number of thiophene rings is 1. The van der Waals surface area contributed by atoms with Crippen molar-refractivity contribution in [3.05, 3.63) is 64.0 Å². The molecule has 0 spiro atoms. The molecule has 0 aliphatic rings. The number of aromatic nitrogens is 1. The van der Waals surface area contributed by atoms with Crippen LogP contribution in [0.4, 0.5) is 0 Å². The fourth-order valence-electron chi connectivity index (χ4n) is 2.19. The predicted molar refractivity (Wildman–Crippen MR) is 88.1 cm³/mol. The summed E-state index contributed by atoms with van der Waals surface area (Å²) >= 11 is 1.57. The van der Waals surface area contributed by atoms with Gasteiger partial charge in [-0.1, -0.05) is 24.3 Å². The van der Waals surface area contributed by atoms with Crippen LogP contribution < -0.4 is 5.32 Å². The standard InChI is InChI=1S/C17H13N3OS/c18-9-12(17(21)20-11-14-4-3-7-22-14)8-13-10-19-16-6-2-1-5-15(13)16/h1-8,10,19H,11H2,(H,20,21)/b12-8+. The summed E-state index contributed by atoms with van der Waals surface area (Å²) < 4.78 is 0. The van der Waals surface area contributed by atoms with Crippen molar-refractivity contribution in [2.75, 3.05) is 0 Å². The van der Waals surface area contributed by atoms with E-state index >= 15 is 0 Å². The third kappa shape index (κ3) is 2.92. The van der Waals surface area contributed by atoms with E-state index in [-0.39, 0.29) is 11.5 Å². The zero-order valence-corrected chi connectivity index (χ0v) is 12.5. The van der Waals surface area contributed by atoms with E-state index in [0.29, 0.717) is 6.54 Å². The SMILES string of the molecule is N#C/C(=C\c1c[nH]c2ccccc12)C(=O)NCc1cccs1. The number of nitrogens with one attached hydrogen (secondary N) is 2. The number of H-pyrrole nitrogens is 1. The first-order valence-electron chi connectivity index (χ1n) is 6.76. The van der Waals surface area contributed by atoms with Crippen molar-refractivity contribution < 1.29 is 4.79 Å². The van der Waals surface area contributed by atoms with Crippen molar-refractivity contribution in [3.8, 4) is 6.07 Å². The van der Waals surface area contributed by atoms with E-state index in [4.69, 9.17) is 0 Å². The van der Waals surface area contributed by atoms with Gasteiger partial charge in [0.2, 0.25) is 0 Å². The van der Waals surface area contributed by atoms with Gasteiger partial charge in [-0.2, -0.15) is 5.26 Å². The number of rotatable bonds is 4. The average Bonchev–Trinajstić information content (AvgIpc) is 3.20. The van der Waals surface area contributed by atoms with Crippen molar-refractivity contribution in [2.24, 2.45) is 0 Å². The predicted octanol–water partition coefficient (Wildman–Crippen LogP) is 3.45. The number of amides is 1. The maximum Gasteiger partial charge on any atom is 0.262 e. The fourth-order valence-corrected chi connectivity index (χ4v) is 2.84. The van der Waals surface area contributed by atoms with Gasteiger partial charge in [0.1, 0.15) is 11.6 Å². The summed E-state index contributed by atoms with van der Waals surface area (Å²) in [4.78, 5) is 16.3. The summed E-state index contributed by atoms with van der Waals surface area (Å²) in [6.07, 6.45) is 3.41. The molecule has 0 saturated carbocycles. The van der Waals surface area contributed by atoms with Crippen LogP contribution in [0.1, 0.15) is 10.4 Å². The number of carbonyl (C=O) groups excluding carboxylic acids is 1. The molecule has 108 valence electrons. The van der Waals surface area contributed by atoms with Crippen molar-refractivity contribution in [1.29, 1.82) is 5.26 Å². The summed E-state index contributed by atoms with van der Waals surface area (Å²) in [5.41, 5.74) is 1.91. The van der Waals surface area contributed by atoms with Crippen LogP contribution in [0.15, 0.2) is 53.5 Å². The normalized spacial score (nSPS) is 11.3. The molecule has 0 bridgehead atoms. The number of fused-ring (bicyclic) bond motifs is 1. The Kier molecular flexibility index (Phi) is 4.03. The minimum atomic E-state index is -0.360. The Morgan fingerprint density at radius 1 is 1.32 bits per heavy atom. The van der Waals surface area contributed by atoms with Gasteiger partial charge in [-0.25, -0.2) is 0 Å². The van der Waals surface area contributed by atoms with Gasteiger partial charge < -0.3 is 10.3 Å². The highest BCUT2D eigenvalue weighted by atomic mass is 32.1. The first kappa shape index (κ1) is 14.1. The van der Waals surface area contributed by atoms with Crippen molar-refractivity contribution in [1.82, 2.24) is 10.3 Å². The monoisotopic (exact) mass is 307 g/mol. The number of nitriles is 1. The Labute approximate surface area is 131 Å². The van der Waals surface area contributed by atoms with Crippen LogP contribution in [0.25, 0.3) is 17.0 Å². The molecule has 0 radical (unpaired) electrons. The molecule has 4 nitrogen and oxygen atoms in total. The van der Waals surface area contributed by atoms with E-state index in [1.165, 1.54) is 0 Å². The second kappa shape index (κ2) is 6.29. The van der Waals surface area contributed by atoms with Crippen LogP contribution in [-0.2, 0) is 11.3 Å². The van der Waals surface area contributed by atoms with E-state index in [0.717, 1.165) is 21.3 Å². The summed E-state index contributed by atoms with van der Waals surface area (Å²) in [7, 11) is 0. The third-order valence-corrected chi connectivity index (χ3v) is 4.17. The van der Waals surface area contributed by atoms with Crippen LogP contribution in [0.5, 0.6) is 0 Å². The molecule has 2 N–H and O–H groups in total. The summed E-state index contributed by atoms with van der Waals surface area (Å²) in [6, 6.07) is 13.6. The molecule has 22 heavy (non-hydrogen) atoms. The van der Waals surface area contributed by atoms with Crippen LogP contribution in [0.3, 0.4) is 0 Å². The Hall–Kier alpha value is -2.84. The molecule has 0 unspecified atom stereocenters. The minimum absolute atomic E-state index is 0.0984. The minimum Gasteiger partial charge on any atom is -0.361 e. The summed E-state index contributed by atoms with van der Waals surface area (Å²) in [5.74, 6) is -0.360. The quantitative estimate of drug-likeness (QED) is 0.572. The number of benzene rings is 1. The van der Waals surface area contributed by atoms with Crippen LogP contribution >= 0.6 is 11.3 Å². The topological polar surface area (TPSA) is 68.7 Å². The van der Waals surface area contributed by atoms with E-state index in [2.05, 4.69) is 10.3 Å². The van der Waals surface area contributed by atoms with Gasteiger partial charge >= 0.3 is 0 Å². The van der Waals surface area contributed by atoms with Crippen molar-refractivity contribution in [2.45, 2.75) is 6.54 Å². The van der Waals surface area contributed by atoms with E-state index in [9.17, 15) is 10.1 Å². The third-order valence-electron chi connectivity index (χ3n) is 3.29. The largest absolute Gasteiger partial charge is 0.361 e. The molecule has 1 aromatic carbocycles. The second-order valence-electron chi connectivity index (χ2n) is 4.72. The zero-order chi connectivity index (χ0) is 15.4. The summed E-state index contributed by atoms with van der Waals surface area (Å²) in [6.45, 7) is 0.434. The molecule has 0 atom stereocenters. The number of hydrogen-bond donors (Lipinski definition) is 2. The van der Waals surface area contributed by atoms with Crippen LogP contribution in [0, 0.1) is 11.3 Å².